The van der Waals surface area contributed by atoms with Crippen LogP contribution in [0.25, 0.3) is 0 Å². The van der Waals surface area contributed by atoms with Gasteiger partial charge in [0.15, 0.2) is 5.82 Å². The van der Waals surface area contributed by atoms with Crippen LogP contribution in [0.1, 0.15) is 5.56 Å². The first-order valence-corrected chi connectivity index (χ1v) is 7.70. The molecule has 0 unspecified atom stereocenters. The Morgan fingerprint density at radius 1 is 1.33 bits per heavy atom. The molecular formula is C12H8Cl2N2O4S. The van der Waals surface area contributed by atoms with Crippen LogP contribution in [0.4, 0.5) is 5.82 Å². The summed E-state index contributed by atoms with van der Waals surface area (Å²) in [4.78, 5) is -0.289. The van der Waals surface area contributed by atoms with Crippen LogP contribution in [0.5, 0.6) is 0 Å². The molecule has 1 aromatic heterocycles. The molecule has 110 valence electrons. The van der Waals surface area contributed by atoms with E-state index in [1.807, 2.05) is 0 Å². The highest BCUT2D eigenvalue weighted by Crippen LogP contribution is 2.31. The minimum atomic E-state index is -4.02. The van der Waals surface area contributed by atoms with Gasteiger partial charge in [0.05, 0.1) is 10.0 Å². The van der Waals surface area contributed by atoms with Crippen molar-refractivity contribution >= 4 is 39.0 Å². The number of aliphatic hydroxyl groups excluding tert-OH is 1. The maximum atomic E-state index is 12.2. The smallest absolute Gasteiger partial charge is 0.266 e. The summed E-state index contributed by atoms with van der Waals surface area (Å²) in [6.07, 6.45) is 1.22. The molecule has 2 aromatic rings. The molecule has 2 rings (SSSR count). The fourth-order valence-electron chi connectivity index (χ4n) is 1.48. The second-order valence-electron chi connectivity index (χ2n) is 3.72. The summed E-state index contributed by atoms with van der Waals surface area (Å²) in [5.74, 6) is 5.01. The Morgan fingerprint density at radius 3 is 2.52 bits per heavy atom. The Labute approximate surface area is 130 Å². The Kier molecular flexibility index (Phi) is 4.75. The minimum absolute atomic E-state index is 0.00582. The van der Waals surface area contributed by atoms with E-state index in [1.165, 1.54) is 24.5 Å². The number of sulfonamides is 1. The summed E-state index contributed by atoms with van der Waals surface area (Å²) >= 11 is 11.9. The number of benzene rings is 1. The predicted octanol–water partition coefficient (Wildman–Crippen LogP) is 2.13. The summed E-state index contributed by atoms with van der Waals surface area (Å²) in [7, 11) is -4.02. The molecule has 1 aromatic carbocycles. The molecular weight excluding hydrogens is 339 g/mol. The summed E-state index contributed by atoms with van der Waals surface area (Å²) < 4.78 is 31.2. The molecule has 0 fully saturated rings. The second kappa shape index (κ2) is 6.37. The molecule has 0 aliphatic carbocycles. The van der Waals surface area contributed by atoms with Gasteiger partial charge in [-0.1, -0.05) is 40.2 Å². The first kappa shape index (κ1) is 15.7. The first-order chi connectivity index (χ1) is 9.94. The fourth-order valence-corrected chi connectivity index (χ4v) is 3.69. The Bertz CT molecular complexity index is 785. The zero-order valence-electron chi connectivity index (χ0n) is 10.3. The van der Waals surface area contributed by atoms with E-state index < -0.39 is 10.0 Å². The molecule has 0 saturated heterocycles. The average molecular weight is 347 g/mol. The van der Waals surface area contributed by atoms with Crippen LogP contribution in [0.3, 0.4) is 0 Å². The Morgan fingerprint density at radius 2 is 2.00 bits per heavy atom. The van der Waals surface area contributed by atoms with E-state index in [-0.39, 0.29) is 27.4 Å². The fraction of sp³-hybridized carbons (Fsp3) is 0.0833. The quantitative estimate of drug-likeness (QED) is 0.830. The Balaban J connectivity index is 2.44. The lowest BCUT2D eigenvalue weighted by Crippen LogP contribution is -2.14. The van der Waals surface area contributed by atoms with Gasteiger partial charge in [-0.2, -0.15) is 0 Å². The van der Waals surface area contributed by atoms with Crippen LogP contribution < -0.4 is 4.72 Å². The average Bonchev–Trinajstić information content (AvgIpc) is 2.87. The van der Waals surface area contributed by atoms with Gasteiger partial charge in [0.1, 0.15) is 17.8 Å². The molecule has 0 amide bonds. The number of nitrogens with one attached hydrogen (secondary N) is 1. The van der Waals surface area contributed by atoms with Crippen molar-refractivity contribution in [3.05, 3.63) is 40.1 Å². The highest BCUT2D eigenvalue weighted by atomic mass is 35.5. The van der Waals surface area contributed by atoms with E-state index in [1.54, 1.807) is 0 Å². The third-order valence-corrected chi connectivity index (χ3v) is 4.53. The molecule has 21 heavy (non-hydrogen) atoms. The van der Waals surface area contributed by atoms with Gasteiger partial charge in [-0.05, 0) is 12.1 Å². The van der Waals surface area contributed by atoms with Crippen molar-refractivity contribution in [3.63, 3.8) is 0 Å². The highest BCUT2D eigenvalue weighted by molar-refractivity contribution is 7.93. The number of halogens is 2. The van der Waals surface area contributed by atoms with Gasteiger partial charge >= 0.3 is 0 Å². The van der Waals surface area contributed by atoms with E-state index in [0.29, 0.717) is 5.56 Å². The molecule has 1 heterocycles. The van der Waals surface area contributed by atoms with E-state index in [9.17, 15) is 8.42 Å². The van der Waals surface area contributed by atoms with Gasteiger partial charge in [0, 0.05) is 11.6 Å². The summed E-state index contributed by atoms with van der Waals surface area (Å²) in [5.41, 5.74) is 0.388. The molecule has 2 N–H and O–H groups in total. The van der Waals surface area contributed by atoms with E-state index in [4.69, 9.17) is 28.3 Å². The molecule has 6 nitrogen and oxygen atoms in total. The number of rotatable bonds is 3. The number of aromatic nitrogens is 1. The van der Waals surface area contributed by atoms with Crippen LogP contribution >= 0.6 is 23.2 Å². The maximum absolute atomic E-state index is 12.2. The molecule has 0 bridgehead atoms. The number of hydrogen-bond donors (Lipinski definition) is 2. The van der Waals surface area contributed by atoms with Gasteiger partial charge < -0.3 is 9.63 Å². The SMILES string of the molecule is O=S(=O)(Nc1ccon1)c1c(Cl)cc(C#CCO)cc1Cl. The number of nitrogens with zero attached hydrogens (tertiary/aromatic N) is 1. The minimum Gasteiger partial charge on any atom is -0.384 e. The number of hydrogen-bond acceptors (Lipinski definition) is 5. The van der Waals surface area contributed by atoms with Gasteiger partial charge in [-0.3, -0.25) is 4.72 Å². The zero-order chi connectivity index (χ0) is 15.5. The summed E-state index contributed by atoms with van der Waals surface area (Å²) in [6.45, 7) is -0.330. The summed E-state index contributed by atoms with van der Waals surface area (Å²) in [5, 5.41) is 11.9. The molecule has 0 radical (unpaired) electrons. The van der Waals surface area contributed by atoms with E-state index in [2.05, 4.69) is 26.2 Å². The summed E-state index contributed by atoms with van der Waals surface area (Å²) in [6, 6.07) is 4.02. The van der Waals surface area contributed by atoms with Gasteiger partial charge in [0.25, 0.3) is 10.0 Å². The van der Waals surface area contributed by atoms with Crippen LogP contribution in [-0.4, -0.2) is 25.3 Å². The third kappa shape index (κ3) is 3.68. The van der Waals surface area contributed by atoms with Crippen molar-refractivity contribution in [2.24, 2.45) is 0 Å². The van der Waals surface area contributed by atoms with E-state index >= 15 is 0 Å². The number of aliphatic hydroxyl groups is 1. The molecule has 9 heteroatoms. The second-order valence-corrected chi connectivity index (χ2v) is 6.15. The van der Waals surface area contributed by atoms with Crippen LogP contribution in [0.2, 0.25) is 10.0 Å². The van der Waals surface area contributed by atoms with E-state index in [0.717, 1.165) is 0 Å². The largest absolute Gasteiger partial charge is 0.384 e. The molecule has 0 aliphatic rings. The monoisotopic (exact) mass is 346 g/mol. The molecule has 0 spiro atoms. The van der Waals surface area contributed by atoms with Gasteiger partial charge in [-0.25, -0.2) is 8.42 Å². The first-order valence-electron chi connectivity index (χ1n) is 5.46. The molecule has 0 saturated carbocycles. The van der Waals surface area contributed by atoms with Crippen molar-refractivity contribution in [1.82, 2.24) is 5.16 Å². The zero-order valence-corrected chi connectivity index (χ0v) is 12.6. The standard InChI is InChI=1S/C12H8Cl2N2O4S/c13-9-6-8(2-1-4-17)7-10(14)12(9)21(18,19)16-11-3-5-20-15-11/h3,5-7,17H,4H2,(H,15,16). The van der Waals surface area contributed by atoms with Crippen molar-refractivity contribution in [3.8, 4) is 11.8 Å². The van der Waals surface area contributed by atoms with Crippen LogP contribution in [0.15, 0.2) is 33.9 Å². The third-order valence-electron chi connectivity index (χ3n) is 2.26. The van der Waals surface area contributed by atoms with Gasteiger partial charge in [0.2, 0.25) is 0 Å². The van der Waals surface area contributed by atoms with Crippen molar-refractivity contribution < 1.29 is 18.0 Å². The van der Waals surface area contributed by atoms with Crippen molar-refractivity contribution in [2.75, 3.05) is 11.3 Å². The number of anilines is 1. The lowest BCUT2D eigenvalue weighted by molar-refractivity contribution is 0.350. The van der Waals surface area contributed by atoms with Crippen molar-refractivity contribution in [1.29, 1.82) is 0 Å². The lowest BCUT2D eigenvalue weighted by atomic mass is 10.2. The van der Waals surface area contributed by atoms with Crippen LogP contribution in [0, 0.1) is 11.8 Å². The maximum Gasteiger partial charge on any atom is 0.266 e. The lowest BCUT2D eigenvalue weighted by Gasteiger charge is -2.09. The van der Waals surface area contributed by atoms with Gasteiger partial charge in [-0.15, -0.1) is 0 Å². The topological polar surface area (TPSA) is 92.4 Å². The predicted molar refractivity (Wildman–Crippen MR) is 77.7 cm³/mol. The molecule has 0 atom stereocenters. The van der Waals surface area contributed by atoms with Crippen LogP contribution in [-0.2, 0) is 10.0 Å². The Hall–Kier alpha value is -1.72. The normalized spacial score (nSPS) is 10.8. The molecule has 0 aliphatic heterocycles. The highest BCUT2D eigenvalue weighted by Gasteiger charge is 2.23. The van der Waals surface area contributed by atoms with Crippen molar-refractivity contribution in [2.45, 2.75) is 4.90 Å².